The van der Waals surface area contributed by atoms with Gasteiger partial charge in [0, 0.05) is 0 Å². The Kier molecular flexibility index (Phi) is 1.65. The maximum Gasteiger partial charge on any atom is -0.0144 e. The van der Waals surface area contributed by atoms with Crippen LogP contribution in [0.2, 0.25) is 0 Å². The van der Waals surface area contributed by atoms with Gasteiger partial charge in [-0.2, -0.15) is 0 Å². The van der Waals surface area contributed by atoms with E-state index in [1.807, 2.05) is 0 Å². The van der Waals surface area contributed by atoms with Gasteiger partial charge in [0.1, 0.15) is 0 Å². The molecule has 9 heavy (non-hydrogen) atoms. The van der Waals surface area contributed by atoms with Gasteiger partial charge in [-0.1, -0.05) is 26.3 Å². The molecule has 0 N–H and O–H groups in total. The van der Waals surface area contributed by atoms with Crippen molar-refractivity contribution in [1.82, 2.24) is 0 Å². The minimum atomic E-state index is 0.501. The molecule has 0 unspecified atom stereocenters. The van der Waals surface area contributed by atoms with Crippen LogP contribution in [0.4, 0.5) is 0 Å². The zero-order chi connectivity index (χ0) is 6.91. The summed E-state index contributed by atoms with van der Waals surface area (Å²) in [4.78, 5) is 0. The van der Waals surface area contributed by atoms with Gasteiger partial charge >= 0.3 is 0 Å². The molecule has 1 rings (SSSR count). The van der Waals surface area contributed by atoms with Crippen LogP contribution >= 0.6 is 0 Å². The lowest BCUT2D eigenvalue weighted by molar-refractivity contribution is 0.126. The first kappa shape index (κ1) is 6.85. The largest absolute Gasteiger partial charge is 0.103 e. The van der Waals surface area contributed by atoms with Gasteiger partial charge < -0.3 is 0 Å². The summed E-state index contributed by atoms with van der Waals surface area (Å²) in [5.41, 5.74) is 0.501. The summed E-state index contributed by atoms with van der Waals surface area (Å²) in [6.45, 7) is 8.39. The van der Waals surface area contributed by atoms with E-state index in [0.29, 0.717) is 5.41 Å². The van der Waals surface area contributed by atoms with Gasteiger partial charge in [0.15, 0.2) is 0 Å². The van der Waals surface area contributed by atoms with E-state index in [-0.39, 0.29) is 0 Å². The van der Waals surface area contributed by atoms with Crippen LogP contribution in [0, 0.1) is 11.3 Å². The zero-order valence-corrected chi connectivity index (χ0v) is 6.48. The number of allylic oxidation sites excluding steroid dienone is 1. The topological polar surface area (TPSA) is 0 Å². The van der Waals surface area contributed by atoms with Crippen LogP contribution in [0.5, 0.6) is 0 Å². The van der Waals surface area contributed by atoms with Crippen LogP contribution in [-0.2, 0) is 0 Å². The molecule has 0 heterocycles. The van der Waals surface area contributed by atoms with E-state index in [1.54, 1.807) is 0 Å². The highest BCUT2D eigenvalue weighted by Gasteiger charge is 2.35. The van der Waals surface area contributed by atoms with Gasteiger partial charge in [-0.25, -0.2) is 0 Å². The fraction of sp³-hybridized carbons (Fsp3) is 0.778. The Morgan fingerprint density at radius 1 is 1.67 bits per heavy atom. The van der Waals surface area contributed by atoms with Crippen LogP contribution in [0.15, 0.2) is 12.7 Å². The van der Waals surface area contributed by atoms with Crippen molar-refractivity contribution in [3.63, 3.8) is 0 Å². The van der Waals surface area contributed by atoms with Crippen LogP contribution < -0.4 is 0 Å². The van der Waals surface area contributed by atoms with Crippen molar-refractivity contribution in [2.24, 2.45) is 11.3 Å². The highest BCUT2D eigenvalue weighted by atomic mass is 14.4. The molecule has 0 nitrogen and oxygen atoms in total. The molecule has 0 saturated heterocycles. The number of hydrogen-bond donors (Lipinski definition) is 0. The first-order valence-electron chi connectivity index (χ1n) is 3.84. The molecule has 0 aromatic carbocycles. The fourth-order valence-corrected chi connectivity index (χ4v) is 1.71. The van der Waals surface area contributed by atoms with E-state index in [0.717, 1.165) is 5.92 Å². The Balaban J connectivity index is 2.32. The molecule has 1 aliphatic rings. The molecule has 1 fully saturated rings. The highest BCUT2D eigenvalue weighted by Crippen LogP contribution is 2.47. The van der Waals surface area contributed by atoms with E-state index >= 15 is 0 Å². The zero-order valence-electron chi connectivity index (χ0n) is 6.48. The molecule has 0 aliphatic heterocycles. The highest BCUT2D eigenvalue weighted by molar-refractivity contribution is 5.00. The molecule has 0 aromatic rings. The summed E-state index contributed by atoms with van der Waals surface area (Å²) in [7, 11) is 0. The second-order valence-electron chi connectivity index (χ2n) is 3.54. The first-order valence-corrected chi connectivity index (χ1v) is 3.84. The van der Waals surface area contributed by atoms with E-state index in [1.165, 1.54) is 19.3 Å². The maximum absolute atomic E-state index is 3.82. The van der Waals surface area contributed by atoms with Gasteiger partial charge in [0.2, 0.25) is 0 Å². The minimum Gasteiger partial charge on any atom is -0.103 e. The molecule has 0 aromatic heterocycles. The third-order valence-corrected chi connectivity index (χ3v) is 2.58. The molecule has 0 amide bonds. The van der Waals surface area contributed by atoms with Crippen molar-refractivity contribution in [3.05, 3.63) is 12.7 Å². The smallest absolute Gasteiger partial charge is 0.0144 e. The molecule has 0 spiro atoms. The molecular formula is C9H16. The van der Waals surface area contributed by atoms with E-state index in [9.17, 15) is 0 Å². The summed E-state index contributed by atoms with van der Waals surface area (Å²) >= 11 is 0. The Morgan fingerprint density at radius 3 is 2.56 bits per heavy atom. The second-order valence-corrected chi connectivity index (χ2v) is 3.54. The predicted octanol–water partition coefficient (Wildman–Crippen LogP) is 3.00. The monoisotopic (exact) mass is 124 g/mol. The molecule has 1 aliphatic carbocycles. The second kappa shape index (κ2) is 2.17. The number of rotatable bonds is 2. The Labute approximate surface area is 58.0 Å². The predicted molar refractivity (Wildman–Crippen MR) is 41.3 cm³/mol. The van der Waals surface area contributed by atoms with E-state index in [2.05, 4.69) is 26.5 Å². The van der Waals surface area contributed by atoms with E-state index in [4.69, 9.17) is 0 Å². The Morgan fingerprint density at radius 2 is 2.22 bits per heavy atom. The van der Waals surface area contributed by atoms with Crippen molar-refractivity contribution in [3.8, 4) is 0 Å². The summed E-state index contributed by atoms with van der Waals surface area (Å²) in [5.74, 6) is 0.994. The average molecular weight is 124 g/mol. The van der Waals surface area contributed by atoms with Crippen LogP contribution in [0.3, 0.4) is 0 Å². The van der Waals surface area contributed by atoms with Crippen molar-refractivity contribution < 1.29 is 0 Å². The average Bonchev–Trinajstić information content (AvgIpc) is 1.81. The van der Waals surface area contributed by atoms with Gasteiger partial charge in [0.25, 0.3) is 0 Å². The summed E-state index contributed by atoms with van der Waals surface area (Å²) < 4.78 is 0. The molecule has 1 saturated carbocycles. The van der Waals surface area contributed by atoms with Crippen LogP contribution in [-0.4, -0.2) is 0 Å². The van der Waals surface area contributed by atoms with Crippen molar-refractivity contribution >= 4 is 0 Å². The number of hydrogen-bond acceptors (Lipinski definition) is 0. The minimum absolute atomic E-state index is 0.501. The van der Waals surface area contributed by atoms with Gasteiger partial charge in [-0.05, 0) is 24.2 Å². The molecule has 0 atom stereocenters. The normalized spacial score (nSPS) is 41.8. The fourth-order valence-electron chi connectivity index (χ4n) is 1.71. The molecule has 0 radical (unpaired) electrons. The standard InChI is InChI=1S/C9H16/c1-4-8-6-9(3,5-2)7-8/h5,8H,2,4,6-7H2,1,3H3. The van der Waals surface area contributed by atoms with Crippen molar-refractivity contribution in [2.75, 3.05) is 0 Å². The lowest BCUT2D eigenvalue weighted by Gasteiger charge is -2.42. The Bertz CT molecular complexity index is 107. The van der Waals surface area contributed by atoms with Crippen molar-refractivity contribution in [1.29, 1.82) is 0 Å². The molecular weight excluding hydrogens is 108 g/mol. The third kappa shape index (κ3) is 1.17. The summed E-state index contributed by atoms with van der Waals surface area (Å²) in [5, 5.41) is 0. The van der Waals surface area contributed by atoms with E-state index < -0.39 is 0 Å². The van der Waals surface area contributed by atoms with Gasteiger partial charge in [-0.15, -0.1) is 6.58 Å². The van der Waals surface area contributed by atoms with Gasteiger partial charge in [0.05, 0.1) is 0 Å². The van der Waals surface area contributed by atoms with Crippen LogP contribution in [0.1, 0.15) is 33.1 Å². The van der Waals surface area contributed by atoms with Crippen molar-refractivity contribution in [2.45, 2.75) is 33.1 Å². The quantitative estimate of drug-likeness (QED) is 0.496. The lowest BCUT2D eigenvalue weighted by Crippen LogP contribution is -2.31. The molecule has 0 heteroatoms. The third-order valence-electron chi connectivity index (χ3n) is 2.58. The SMILES string of the molecule is C=CC1(C)CC(CC)C1. The Hall–Kier alpha value is -0.260. The molecule has 52 valence electrons. The van der Waals surface area contributed by atoms with Gasteiger partial charge in [-0.3, -0.25) is 0 Å². The summed E-state index contributed by atoms with van der Waals surface area (Å²) in [6, 6.07) is 0. The van der Waals surface area contributed by atoms with Crippen LogP contribution in [0.25, 0.3) is 0 Å². The summed E-state index contributed by atoms with van der Waals surface area (Å²) in [6.07, 6.45) is 6.20. The lowest BCUT2D eigenvalue weighted by atomic mass is 9.62. The first-order chi connectivity index (χ1) is 4.20. The maximum atomic E-state index is 3.82. The molecule has 0 bridgehead atoms.